The maximum atomic E-state index is 13.4. The minimum atomic E-state index is -0.422. The van der Waals surface area contributed by atoms with E-state index in [1.54, 1.807) is 24.4 Å². The Hall–Kier alpha value is -3.10. The molecule has 0 spiro atoms. The van der Waals surface area contributed by atoms with Gasteiger partial charge < -0.3 is 15.6 Å². The summed E-state index contributed by atoms with van der Waals surface area (Å²) >= 11 is 12.3. The molecule has 5 N–H and O–H groups in total. The van der Waals surface area contributed by atoms with Gasteiger partial charge in [0.1, 0.15) is 5.82 Å². The second-order valence-corrected chi connectivity index (χ2v) is 7.39. The molecule has 0 aliphatic carbocycles. The standard InChI is InChI=1S/C20H18Cl2FN5O2/c1-10(29)27-19-15(21)4-11(5-16(19)22)8-26-20(24)28-18(30)6-12-9-25-17-3-2-13(23)7-14(12)17/h2-5,7,9,25H,6,8H2,1H3,(H,27,29)(H3,24,26,28,30). The minimum absolute atomic E-state index is 0.0173. The van der Waals surface area contributed by atoms with E-state index in [-0.39, 0.29) is 40.7 Å². The van der Waals surface area contributed by atoms with Crippen molar-refractivity contribution in [1.29, 1.82) is 5.41 Å². The van der Waals surface area contributed by atoms with Gasteiger partial charge in [-0.05, 0) is 41.5 Å². The minimum Gasteiger partial charge on any atom is -0.361 e. The molecule has 30 heavy (non-hydrogen) atoms. The number of rotatable bonds is 5. The van der Waals surface area contributed by atoms with Crippen LogP contribution >= 0.6 is 23.2 Å². The summed E-state index contributed by atoms with van der Waals surface area (Å²) in [4.78, 5) is 26.4. The Morgan fingerprint density at radius 2 is 1.87 bits per heavy atom. The molecule has 2 aromatic carbocycles. The lowest BCUT2D eigenvalue weighted by atomic mass is 10.1. The van der Waals surface area contributed by atoms with Gasteiger partial charge in [0, 0.05) is 30.6 Å². The molecule has 3 aromatic rings. The van der Waals surface area contributed by atoms with Crippen LogP contribution in [0.25, 0.3) is 10.9 Å². The van der Waals surface area contributed by atoms with Crippen molar-refractivity contribution in [3.63, 3.8) is 0 Å². The van der Waals surface area contributed by atoms with Gasteiger partial charge in [-0.25, -0.2) is 4.39 Å². The van der Waals surface area contributed by atoms with Crippen LogP contribution in [0.15, 0.2) is 36.5 Å². The van der Waals surface area contributed by atoms with Crippen LogP contribution in [0, 0.1) is 11.2 Å². The van der Waals surface area contributed by atoms with E-state index in [1.165, 1.54) is 19.1 Å². The molecule has 156 valence electrons. The number of hydrogen-bond donors (Lipinski definition) is 5. The Kier molecular flexibility index (Phi) is 6.59. The summed E-state index contributed by atoms with van der Waals surface area (Å²) in [7, 11) is 0. The van der Waals surface area contributed by atoms with Crippen LogP contribution in [-0.2, 0) is 22.6 Å². The van der Waals surface area contributed by atoms with Gasteiger partial charge >= 0.3 is 0 Å². The summed E-state index contributed by atoms with van der Waals surface area (Å²) in [5, 5.41) is 16.8. The van der Waals surface area contributed by atoms with Crippen molar-refractivity contribution in [3.8, 4) is 0 Å². The summed E-state index contributed by atoms with van der Waals surface area (Å²) in [6, 6.07) is 7.49. The zero-order valence-electron chi connectivity index (χ0n) is 15.8. The van der Waals surface area contributed by atoms with Crippen molar-refractivity contribution in [3.05, 3.63) is 63.5 Å². The number of nitrogens with one attached hydrogen (secondary N) is 5. The van der Waals surface area contributed by atoms with E-state index < -0.39 is 5.91 Å². The fourth-order valence-corrected chi connectivity index (χ4v) is 3.54. The molecule has 0 atom stereocenters. The van der Waals surface area contributed by atoms with Crippen molar-refractivity contribution < 1.29 is 14.0 Å². The molecule has 0 unspecified atom stereocenters. The van der Waals surface area contributed by atoms with Gasteiger partial charge in [0.2, 0.25) is 11.8 Å². The number of aromatic nitrogens is 1. The van der Waals surface area contributed by atoms with Gasteiger partial charge in [0.05, 0.1) is 22.2 Å². The number of halogens is 3. The zero-order valence-corrected chi connectivity index (χ0v) is 17.3. The fourth-order valence-electron chi connectivity index (χ4n) is 2.91. The van der Waals surface area contributed by atoms with Crippen molar-refractivity contribution in [2.24, 2.45) is 0 Å². The molecule has 0 saturated heterocycles. The monoisotopic (exact) mass is 449 g/mol. The predicted octanol–water partition coefficient (Wildman–Crippen LogP) is 3.96. The molecule has 1 aromatic heterocycles. The number of guanidine groups is 1. The van der Waals surface area contributed by atoms with E-state index in [4.69, 9.17) is 28.6 Å². The Bertz CT molecular complexity index is 1120. The molecule has 2 amide bonds. The highest BCUT2D eigenvalue weighted by Gasteiger charge is 2.12. The Labute approximate surface area is 181 Å². The number of hydrogen-bond acceptors (Lipinski definition) is 3. The molecular weight excluding hydrogens is 432 g/mol. The first-order valence-electron chi connectivity index (χ1n) is 8.86. The van der Waals surface area contributed by atoms with E-state index >= 15 is 0 Å². The average molecular weight is 450 g/mol. The lowest BCUT2D eigenvalue weighted by Gasteiger charge is -2.12. The first-order chi connectivity index (χ1) is 14.2. The predicted molar refractivity (Wildman–Crippen MR) is 115 cm³/mol. The molecule has 10 heteroatoms. The van der Waals surface area contributed by atoms with E-state index in [0.29, 0.717) is 22.2 Å². The summed E-state index contributed by atoms with van der Waals surface area (Å²) in [5.41, 5.74) is 2.32. The van der Waals surface area contributed by atoms with Crippen LogP contribution < -0.4 is 16.0 Å². The molecule has 7 nitrogen and oxygen atoms in total. The number of carbonyl (C=O) groups excluding carboxylic acids is 2. The van der Waals surface area contributed by atoms with Crippen LogP contribution in [-0.4, -0.2) is 22.8 Å². The molecule has 0 saturated carbocycles. The first-order valence-corrected chi connectivity index (χ1v) is 9.62. The van der Waals surface area contributed by atoms with Gasteiger partial charge in [-0.15, -0.1) is 0 Å². The van der Waals surface area contributed by atoms with Crippen molar-refractivity contribution >= 4 is 57.6 Å². The molecule has 0 radical (unpaired) electrons. The van der Waals surface area contributed by atoms with E-state index in [2.05, 4.69) is 20.9 Å². The normalized spacial score (nSPS) is 10.7. The third-order valence-electron chi connectivity index (χ3n) is 4.22. The SMILES string of the molecule is CC(=O)Nc1c(Cl)cc(CNC(=N)NC(=O)Cc2c[nH]c3ccc(F)cc23)cc1Cl. The summed E-state index contributed by atoms with van der Waals surface area (Å²) in [5.74, 6) is -1.31. The quantitative estimate of drug-likeness (QED) is 0.300. The van der Waals surface area contributed by atoms with Crippen LogP contribution in [0.1, 0.15) is 18.1 Å². The molecule has 0 bridgehead atoms. The second kappa shape index (κ2) is 9.15. The summed E-state index contributed by atoms with van der Waals surface area (Å²) < 4.78 is 13.4. The van der Waals surface area contributed by atoms with Crippen LogP contribution in [0.2, 0.25) is 10.0 Å². The van der Waals surface area contributed by atoms with Crippen molar-refractivity contribution in [2.75, 3.05) is 5.32 Å². The Morgan fingerprint density at radius 1 is 1.17 bits per heavy atom. The van der Waals surface area contributed by atoms with Gasteiger partial charge in [-0.2, -0.15) is 0 Å². The fraction of sp³-hybridized carbons (Fsp3) is 0.150. The lowest BCUT2D eigenvalue weighted by molar-refractivity contribution is -0.119. The van der Waals surface area contributed by atoms with Gasteiger partial charge in [-0.1, -0.05) is 23.2 Å². The highest BCUT2D eigenvalue weighted by atomic mass is 35.5. The van der Waals surface area contributed by atoms with Gasteiger partial charge in [0.25, 0.3) is 0 Å². The lowest BCUT2D eigenvalue weighted by Crippen LogP contribution is -2.40. The molecule has 0 aliphatic rings. The van der Waals surface area contributed by atoms with Crippen LogP contribution in [0.4, 0.5) is 10.1 Å². The van der Waals surface area contributed by atoms with E-state index in [1.807, 2.05) is 0 Å². The van der Waals surface area contributed by atoms with Crippen LogP contribution in [0.3, 0.4) is 0 Å². The van der Waals surface area contributed by atoms with Gasteiger partial charge in [0.15, 0.2) is 5.96 Å². The highest BCUT2D eigenvalue weighted by Crippen LogP contribution is 2.31. The molecule has 1 heterocycles. The average Bonchev–Trinajstić information content (AvgIpc) is 3.04. The maximum Gasteiger partial charge on any atom is 0.231 e. The Balaban J connectivity index is 1.57. The smallest absolute Gasteiger partial charge is 0.231 e. The molecule has 0 fully saturated rings. The summed E-state index contributed by atoms with van der Waals surface area (Å²) in [6.45, 7) is 1.52. The number of fused-ring (bicyclic) bond motifs is 1. The largest absolute Gasteiger partial charge is 0.361 e. The topological polar surface area (TPSA) is 110 Å². The highest BCUT2D eigenvalue weighted by molar-refractivity contribution is 6.39. The third kappa shape index (κ3) is 5.28. The number of aromatic amines is 1. The van der Waals surface area contributed by atoms with Crippen molar-refractivity contribution in [2.45, 2.75) is 19.9 Å². The molecule has 0 aliphatic heterocycles. The number of anilines is 1. The zero-order chi connectivity index (χ0) is 21.8. The van der Waals surface area contributed by atoms with Crippen molar-refractivity contribution in [1.82, 2.24) is 15.6 Å². The number of benzene rings is 2. The van der Waals surface area contributed by atoms with Gasteiger partial charge in [-0.3, -0.25) is 20.3 Å². The Morgan fingerprint density at radius 3 is 2.53 bits per heavy atom. The maximum absolute atomic E-state index is 13.4. The first kappa shape index (κ1) is 21.6. The van der Waals surface area contributed by atoms with E-state index in [9.17, 15) is 14.0 Å². The number of H-pyrrole nitrogens is 1. The number of carbonyl (C=O) groups is 2. The summed E-state index contributed by atoms with van der Waals surface area (Å²) in [6.07, 6.45) is 1.62. The number of amides is 2. The molecule has 3 rings (SSSR count). The second-order valence-electron chi connectivity index (χ2n) is 6.57. The van der Waals surface area contributed by atoms with E-state index in [0.717, 1.165) is 5.52 Å². The molecular formula is C20H18Cl2FN5O2. The third-order valence-corrected chi connectivity index (χ3v) is 4.81. The van der Waals surface area contributed by atoms with Crippen LogP contribution in [0.5, 0.6) is 0 Å².